The SMILES string of the molecule is CC#CCCNC1CC(c2ccccc2Br)C1. The predicted octanol–water partition coefficient (Wildman–Crippen LogP) is 3.70. The first-order valence-electron chi connectivity index (χ1n) is 6.18. The Morgan fingerprint density at radius 3 is 2.82 bits per heavy atom. The van der Waals surface area contributed by atoms with Gasteiger partial charge in [0.2, 0.25) is 0 Å². The molecule has 90 valence electrons. The van der Waals surface area contributed by atoms with Crippen molar-refractivity contribution < 1.29 is 0 Å². The van der Waals surface area contributed by atoms with Crippen molar-refractivity contribution in [2.75, 3.05) is 6.54 Å². The third-order valence-electron chi connectivity index (χ3n) is 3.34. The Hall–Kier alpha value is -0.780. The van der Waals surface area contributed by atoms with E-state index < -0.39 is 0 Å². The van der Waals surface area contributed by atoms with Crippen molar-refractivity contribution in [1.82, 2.24) is 5.32 Å². The molecule has 0 bridgehead atoms. The lowest BCUT2D eigenvalue weighted by Gasteiger charge is -2.36. The second kappa shape index (κ2) is 6.23. The second-order valence-electron chi connectivity index (χ2n) is 4.52. The summed E-state index contributed by atoms with van der Waals surface area (Å²) in [7, 11) is 0. The van der Waals surface area contributed by atoms with Gasteiger partial charge in [-0.25, -0.2) is 0 Å². The van der Waals surface area contributed by atoms with Crippen LogP contribution in [-0.2, 0) is 0 Å². The quantitative estimate of drug-likeness (QED) is 0.659. The Morgan fingerprint density at radius 1 is 1.35 bits per heavy atom. The molecule has 0 amide bonds. The van der Waals surface area contributed by atoms with Gasteiger partial charge in [0.1, 0.15) is 0 Å². The molecular weight excluding hydrogens is 274 g/mol. The van der Waals surface area contributed by atoms with Gasteiger partial charge in [0.15, 0.2) is 0 Å². The number of rotatable bonds is 4. The normalized spacial score (nSPS) is 22.5. The lowest BCUT2D eigenvalue weighted by molar-refractivity contribution is 0.293. The van der Waals surface area contributed by atoms with Crippen LogP contribution in [0.15, 0.2) is 28.7 Å². The summed E-state index contributed by atoms with van der Waals surface area (Å²) in [6, 6.07) is 9.24. The van der Waals surface area contributed by atoms with Crippen molar-refractivity contribution in [2.45, 2.75) is 38.1 Å². The third-order valence-corrected chi connectivity index (χ3v) is 4.07. The Labute approximate surface area is 112 Å². The molecule has 1 aliphatic rings. The van der Waals surface area contributed by atoms with E-state index in [9.17, 15) is 0 Å². The molecule has 17 heavy (non-hydrogen) atoms. The second-order valence-corrected chi connectivity index (χ2v) is 5.37. The van der Waals surface area contributed by atoms with Crippen LogP contribution < -0.4 is 5.32 Å². The van der Waals surface area contributed by atoms with Crippen molar-refractivity contribution in [3.63, 3.8) is 0 Å². The van der Waals surface area contributed by atoms with Gasteiger partial charge in [-0.1, -0.05) is 34.1 Å². The lowest BCUT2D eigenvalue weighted by Crippen LogP contribution is -2.40. The molecule has 1 aromatic carbocycles. The van der Waals surface area contributed by atoms with Crippen LogP contribution in [0.2, 0.25) is 0 Å². The van der Waals surface area contributed by atoms with Gasteiger partial charge in [-0.15, -0.1) is 11.8 Å². The topological polar surface area (TPSA) is 12.0 Å². The summed E-state index contributed by atoms with van der Waals surface area (Å²) in [5, 5.41) is 3.56. The fraction of sp³-hybridized carbons (Fsp3) is 0.467. The van der Waals surface area contributed by atoms with Crippen LogP contribution >= 0.6 is 15.9 Å². The van der Waals surface area contributed by atoms with Crippen molar-refractivity contribution in [1.29, 1.82) is 0 Å². The Bertz CT molecular complexity index is 424. The van der Waals surface area contributed by atoms with E-state index >= 15 is 0 Å². The Kier molecular flexibility index (Phi) is 4.65. The molecule has 1 aliphatic carbocycles. The first-order chi connectivity index (χ1) is 8.31. The van der Waals surface area contributed by atoms with E-state index in [0.29, 0.717) is 6.04 Å². The molecule has 2 rings (SSSR count). The van der Waals surface area contributed by atoms with Crippen LogP contribution in [0.25, 0.3) is 0 Å². The highest BCUT2D eigenvalue weighted by Gasteiger charge is 2.30. The summed E-state index contributed by atoms with van der Waals surface area (Å²) >= 11 is 3.63. The molecule has 0 atom stereocenters. The highest BCUT2D eigenvalue weighted by molar-refractivity contribution is 9.10. The van der Waals surface area contributed by atoms with E-state index in [1.807, 2.05) is 6.92 Å². The average molecular weight is 292 g/mol. The average Bonchev–Trinajstić information content (AvgIpc) is 2.28. The van der Waals surface area contributed by atoms with Crippen LogP contribution in [0, 0.1) is 11.8 Å². The molecule has 0 aromatic heterocycles. The highest BCUT2D eigenvalue weighted by atomic mass is 79.9. The van der Waals surface area contributed by atoms with Gasteiger partial charge in [0.05, 0.1) is 0 Å². The minimum absolute atomic E-state index is 0.686. The molecule has 0 saturated heterocycles. The van der Waals surface area contributed by atoms with E-state index in [1.54, 1.807) is 0 Å². The molecule has 0 spiro atoms. The van der Waals surface area contributed by atoms with E-state index in [1.165, 1.54) is 22.9 Å². The highest BCUT2D eigenvalue weighted by Crippen LogP contribution is 2.39. The van der Waals surface area contributed by atoms with E-state index in [-0.39, 0.29) is 0 Å². The maximum atomic E-state index is 3.63. The summed E-state index contributed by atoms with van der Waals surface area (Å²) in [6.45, 7) is 2.92. The van der Waals surface area contributed by atoms with Gasteiger partial charge >= 0.3 is 0 Å². The van der Waals surface area contributed by atoms with Crippen LogP contribution in [-0.4, -0.2) is 12.6 Å². The summed E-state index contributed by atoms with van der Waals surface area (Å²) in [6.07, 6.45) is 3.47. The summed E-state index contributed by atoms with van der Waals surface area (Å²) in [5.41, 5.74) is 1.46. The molecule has 2 heteroatoms. The molecule has 1 N–H and O–H groups in total. The minimum Gasteiger partial charge on any atom is -0.313 e. The number of benzene rings is 1. The molecule has 0 heterocycles. The van der Waals surface area contributed by atoms with Crippen molar-refractivity contribution >= 4 is 15.9 Å². The fourth-order valence-electron chi connectivity index (χ4n) is 2.31. The standard InChI is InChI=1S/C15H18BrN/c1-2-3-6-9-17-13-10-12(11-13)14-7-4-5-8-15(14)16/h4-5,7-8,12-13,17H,6,9-11H2,1H3. The van der Waals surface area contributed by atoms with E-state index in [4.69, 9.17) is 0 Å². The summed E-state index contributed by atoms with van der Waals surface area (Å²) in [5.74, 6) is 6.73. The molecule has 0 aliphatic heterocycles. The number of hydrogen-bond donors (Lipinski definition) is 1. The van der Waals surface area contributed by atoms with Gasteiger partial charge in [-0.3, -0.25) is 0 Å². The zero-order chi connectivity index (χ0) is 12.1. The first-order valence-corrected chi connectivity index (χ1v) is 6.98. The number of halogens is 1. The van der Waals surface area contributed by atoms with Crippen LogP contribution in [0.4, 0.5) is 0 Å². The zero-order valence-corrected chi connectivity index (χ0v) is 11.8. The maximum absolute atomic E-state index is 3.63. The van der Waals surface area contributed by atoms with E-state index in [0.717, 1.165) is 18.9 Å². The minimum atomic E-state index is 0.686. The zero-order valence-electron chi connectivity index (χ0n) is 10.2. The van der Waals surface area contributed by atoms with Crippen LogP contribution in [0.3, 0.4) is 0 Å². The fourth-order valence-corrected chi connectivity index (χ4v) is 2.92. The lowest BCUT2D eigenvalue weighted by atomic mass is 9.76. The molecule has 1 saturated carbocycles. The molecule has 1 fully saturated rings. The largest absolute Gasteiger partial charge is 0.313 e. The Balaban J connectivity index is 1.75. The van der Waals surface area contributed by atoms with Gasteiger partial charge in [0, 0.05) is 23.5 Å². The van der Waals surface area contributed by atoms with Crippen molar-refractivity contribution in [3.05, 3.63) is 34.3 Å². The molecule has 0 radical (unpaired) electrons. The van der Waals surface area contributed by atoms with Gasteiger partial charge in [-0.05, 0) is 37.3 Å². The van der Waals surface area contributed by atoms with Gasteiger partial charge < -0.3 is 5.32 Å². The van der Waals surface area contributed by atoms with Crippen molar-refractivity contribution in [2.24, 2.45) is 0 Å². The Morgan fingerprint density at radius 2 is 2.12 bits per heavy atom. The maximum Gasteiger partial charge on any atom is 0.0214 e. The molecular formula is C15H18BrN. The smallest absolute Gasteiger partial charge is 0.0214 e. The molecule has 0 unspecified atom stereocenters. The van der Waals surface area contributed by atoms with Gasteiger partial charge in [-0.2, -0.15) is 0 Å². The summed E-state index contributed by atoms with van der Waals surface area (Å²) < 4.78 is 1.25. The van der Waals surface area contributed by atoms with E-state index in [2.05, 4.69) is 57.4 Å². The monoisotopic (exact) mass is 291 g/mol. The predicted molar refractivity (Wildman–Crippen MR) is 76.0 cm³/mol. The third kappa shape index (κ3) is 3.34. The number of nitrogens with one attached hydrogen (secondary N) is 1. The van der Waals surface area contributed by atoms with Crippen LogP contribution in [0.5, 0.6) is 0 Å². The number of hydrogen-bond acceptors (Lipinski definition) is 1. The summed E-state index contributed by atoms with van der Waals surface area (Å²) in [4.78, 5) is 0. The van der Waals surface area contributed by atoms with Crippen molar-refractivity contribution in [3.8, 4) is 11.8 Å². The molecule has 1 aromatic rings. The molecule has 1 nitrogen and oxygen atoms in total. The first kappa shape index (κ1) is 12.7. The van der Waals surface area contributed by atoms with Crippen LogP contribution in [0.1, 0.15) is 37.7 Å². The van der Waals surface area contributed by atoms with Gasteiger partial charge in [0.25, 0.3) is 0 Å².